The van der Waals surface area contributed by atoms with Gasteiger partial charge in [0.15, 0.2) is 0 Å². The Hall–Kier alpha value is -4.16. The summed E-state index contributed by atoms with van der Waals surface area (Å²) in [5.74, 6) is 0.662. The van der Waals surface area contributed by atoms with E-state index in [-0.39, 0.29) is 17.0 Å². The minimum atomic E-state index is -0.341. The number of imidazole rings is 1. The minimum Gasteiger partial charge on any atom is -0.476 e. The second-order valence-electron chi connectivity index (χ2n) is 11.4. The number of rotatable bonds is 1. The number of nitrogens with one attached hydrogen (secondary N) is 1. The first-order valence-electron chi connectivity index (χ1n) is 14.1. The van der Waals surface area contributed by atoms with Gasteiger partial charge >= 0.3 is 0 Å². The SMILES string of the molecule is Cn1ncc2c1OCCN1CCC(C)(C1)n1c(nc3ccc(N4CCOCC4)cc31)NC(=O)c1cc-2c(=O)n(C)c1. The number of carbonyl (C=O) groups is 1. The molecule has 12 heteroatoms. The maximum absolute atomic E-state index is 13.8. The van der Waals surface area contributed by atoms with Crippen LogP contribution in [0.5, 0.6) is 5.88 Å². The molecule has 6 heterocycles. The summed E-state index contributed by atoms with van der Waals surface area (Å²) < 4.78 is 17.0. The minimum absolute atomic E-state index is 0.234. The Labute approximate surface area is 237 Å². The highest BCUT2D eigenvalue weighted by atomic mass is 16.5. The number of hydrogen-bond donors (Lipinski definition) is 1. The smallest absolute Gasteiger partial charge is 0.259 e. The lowest BCUT2D eigenvalue weighted by molar-refractivity contribution is 0.102. The topological polar surface area (TPSA) is 112 Å². The summed E-state index contributed by atoms with van der Waals surface area (Å²) in [4.78, 5) is 36.6. The van der Waals surface area contributed by atoms with Crippen LogP contribution in [0.2, 0.25) is 0 Å². The van der Waals surface area contributed by atoms with Crippen molar-refractivity contribution >= 4 is 28.6 Å². The number of nitrogens with zero attached hydrogens (tertiary/aromatic N) is 7. The number of anilines is 2. The van der Waals surface area contributed by atoms with E-state index in [1.54, 1.807) is 37.2 Å². The molecule has 4 bridgehead atoms. The maximum atomic E-state index is 13.8. The van der Waals surface area contributed by atoms with Gasteiger partial charge in [-0.1, -0.05) is 0 Å². The highest BCUT2D eigenvalue weighted by Gasteiger charge is 2.39. The van der Waals surface area contributed by atoms with Gasteiger partial charge in [0.2, 0.25) is 11.8 Å². The summed E-state index contributed by atoms with van der Waals surface area (Å²) in [5, 5.41) is 7.45. The number of pyridine rings is 1. The van der Waals surface area contributed by atoms with E-state index in [2.05, 4.69) is 43.8 Å². The van der Waals surface area contributed by atoms with E-state index in [1.165, 1.54) is 4.57 Å². The Morgan fingerprint density at radius 1 is 1.00 bits per heavy atom. The van der Waals surface area contributed by atoms with E-state index >= 15 is 0 Å². The van der Waals surface area contributed by atoms with Crippen LogP contribution in [-0.4, -0.2) is 87.3 Å². The van der Waals surface area contributed by atoms with Crippen molar-refractivity contribution in [3.8, 4) is 17.0 Å². The Morgan fingerprint density at radius 2 is 1.83 bits per heavy atom. The van der Waals surface area contributed by atoms with Gasteiger partial charge in [0.1, 0.15) is 6.61 Å². The zero-order valence-electron chi connectivity index (χ0n) is 23.6. The van der Waals surface area contributed by atoms with Crippen molar-refractivity contribution in [1.82, 2.24) is 28.8 Å². The number of carbonyl (C=O) groups excluding carboxylic acids is 1. The zero-order chi connectivity index (χ0) is 28.3. The number of fused-ring (bicyclic) bond motifs is 10. The van der Waals surface area contributed by atoms with Crippen LogP contribution in [0.25, 0.3) is 22.2 Å². The normalized spacial score (nSPS) is 22.9. The molecule has 1 N–H and O–H groups in total. The summed E-state index contributed by atoms with van der Waals surface area (Å²) >= 11 is 0. The van der Waals surface area contributed by atoms with Crippen LogP contribution >= 0.6 is 0 Å². The van der Waals surface area contributed by atoms with Crippen LogP contribution in [-0.2, 0) is 24.4 Å². The number of aromatic nitrogens is 5. The molecule has 214 valence electrons. The average Bonchev–Trinajstić information content (AvgIpc) is 3.64. The van der Waals surface area contributed by atoms with Gasteiger partial charge in [-0.15, -0.1) is 0 Å². The third-order valence-electron chi connectivity index (χ3n) is 8.58. The molecule has 2 fully saturated rings. The van der Waals surface area contributed by atoms with Gasteiger partial charge in [-0.25, -0.2) is 9.67 Å². The van der Waals surface area contributed by atoms with Crippen LogP contribution in [0.15, 0.2) is 41.5 Å². The second kappa shape index (κ2) is 9.74. The number of amides is 1. The molecule has 2 saturated heterocycles. The van der Waals surface area contributed by atoms with E-state index in [1.807, 2.05) is 6.07 Å². The van der Waals surface area contributed by atoms with Crippen LogP contribution in [0, 0.1) is 0 Å². The largest absolute Gasteiger partial charge is 0.476 e. The van der Waals surface area contributed by atoms with Gasteiger partial charge in [-0.05, 0) is 37.6 Å². The molecule has 3 aromatic heterocycles. The summed E-state index contributed by atoms with van der Waals surface area (Å²) in [7, 11) is 3.43. The highest BCUT2D eigenvalue weighted by molar-refractivity contribution is 6.04. The molecule has 12 nitrogen and oxygen atoms in total. The summed E-state index contributed by atoms with van der Waals surface area (Å²) in [6.07, 6.45) is 4.06. The average molecular weight is 559 g/mol. The van der Waals surface area contributed by atoms with Crippen molar-refractivity contribution in [3.05, 3.63) is 52.6 Å². The summed E-state index contributed by atoms with van der Waals surface area (Å²) in [6.45, 7) is 8.12. The van der Waals surface area contributed by atoms with Crippen molar-refractivity contribution in [2.24, 2.45) is 14.1 Å². The Kier molecular flexibility index (Phi) is 6.12. The lowest BCUT2D eigenvalue weighted by atomic mass is 10.0. The van der Waals surface area contributed by atoms with Crippen LogP contribution in [0.3, 0.4) is 0 Å². The van der Waals surface area contributed by atoms with Gasteiger partial charge in [-0.2, -0.15) is 5.10 Å². The molecular formula is C29H34N8O4. The molecule has 3 aliphatic rings. The summed E-state index contributed by atoms with van der Waals surface area (Å²) in [6, 6.07) is 7.92. The molecule has 0 aliphatic carbocycles. The van der Waals surface area contributed by atoms with Crippen molar-refractivity contribution in [2.75, 3.05) is 62.8 Å². The maximum Gasteiger partial charge on any atom is 0.259 e. The molecule has 41 heavy (non-hydrogen) atoms. The first-order valence-corrected chi connectivity index (χ1v) is 14.1. The molecule has 7 rings (SSSR count). The predicted molar refractivity (Wildman–Crippen MR) is 155 cm³/mol. The summed E-state index contributed by atoms with van der Waals surface area (Å²) in [5.41, 5.74) is 3.64. The molecule has 2 unspecified atom stereocenters. The number of aryl methyl sites for hydroxylation is 2. The van der Waals surface area contributed by atoms with E-state index in [9.17, 15) is 9.59 Å². The molecular weight excluding hydrogens is 524 g/mol. The number of benzene rings is 1. The Bertz CT molecular complexity index is 1720. The number of morpholine rings is 1. The second-order valence-corrected chi connectivity index (χ2v) is 11.4. The monoisotopic (exact) mass is 558 g/mol. The molecule has 3 aliphatic heterocycles. The molecule has 1 aromatic carbocycles. The quantitative estimate of drug-likeness (QED) is 0.378. The van der Waals surface area contributed by atoms with Crippen LogP contribution in [0.1, 0.15) is 23.7 Å². The lowest BCUT2D eigenvalue weighted by Crippen LogP contribution is -2.37. The fourth-order valence-corrected chi connectivity index (χ4v) is 6.38. The van der Waals surface area contributed by atoms with Crippen LogP contribution in [0.4, 0.5) is 11.6 Å². The van der Waals surface area contributed by atoms with Gasteiger partial charge < -0.3 is 23.5 Å². The predicted octanol–water partition coefficient (Wildman–Crippen LogP) is 2.04. The molecule has 2 atom stereocenters. The van der Waals surface area contributed by atoms with Crippen molar-refractivity contribution < 1.29 is 14.3 Å². The number of ether oxygens (including phenoxy) is 2. The third kappa shape index (κ3) is 4.38. The van der Waals surface area contributed by atoms with Gasteiger partial charge in [0.25, 0.3) is 11.5 Å². The lowest BCUT2D eigenvalue weighted by Gasteiger charge is -2.31. The van der Waals surface area contributed by atoms with Gasteiger partial charge in [0.05, 0.1) is 52.7 Å². The van der Waals surface area contributed by atoms with E-state index in [4.69, 9.17) is 14.5 Å². The van der Waals surface area contributed by atoms with Crippen molar-refractivity contribution in [1.29, 1.82) is 0 Å². The van der Waals surface area contributed by atoms with Crippen LogP contribution < -0.4 is 20.5 Å². The van der Waals surface area contributed by atoms with E-state index in [0.29, 0.717) is 54.9 Å². The van der Waals surface area contributed by atoms with Gasteiger partial charge in [-0.3, -0.25) is 19.8 Å². The first kappa shape index (κ1) is 25.8. The first-order chi connectivity index (χ1) is 19.8. The van der Waals surface area contributed by atoms with Crippen molar-refractivity contribution in [3.63, 3.8) is 0 Å². The third-order valence-corrected chi connectivity index (χ3v) is 8.58. The molecule has 0 radical (unpaired) electrons. The molecule has 0 spiro atoms. The molecule has 0 saturated carbocycles. The van der Waals surface area contributed by atoms with E-state index in [0.717, 1.165) is 49.3 Å². The van der Waals surface area contributed by atoms with E-state index < -0.39 is 0 Å². The fourth-order valence-electron chi connectivity index (χ4n) is 6.38. The Balaban J connectivity index is 1.37. The standard InChI is InChI=1S/C29H34N8O4/c1-29-6-7-35(18-29)8-13-41-27-22(16-30-34(27)3)21-14-19(17-33(2)26(21)39)25(38)32-28-31-23-5-4-20(15-24(23)37(28)29)36-9-11-40-12-10-36/h4-5,14-17H,6-13,18H2,1-3H3,(H,31,32,38). The Morgan fingerprint density at radius 3 is 2.66 bits per heavy atom. The fraction of sp³-hybridized carbons (Fsp3) is 0.448. The number of hydrogen-bond acceptors (Lipinski definition) is 8. The molecule has 4 aromatic rings. The highest BCUT2D eigenvalue weighted by Crippen LogP contribution is 2.37. The van der Waals surface area contributed by atoms with Crippen molar-refractivity contribution in [2.45, 2.75) is 18.9 Å². The van der Waals surface area contributed by atoms with Gasteiger partial charge in [0, 0.05) is 58.7 Å². The zero-order valence-corrected chi connectivity index (χ0v) is 23.6. The molecule has 1 amide bonds.